The fourth-order valence-corrected chi connectivity index (χ4v) is 0.711. The zero-order valence-electron chi connectivity index (χ0n) is 5.78. The fraction of sp³-hybridized carbons (Fsp3) is 0.714. The lowest BCUT2D eigenvalue weighted by Crippen LogP contribution is -1.99. The lowest BCUT2D eigenvalue weighted by molar-refractivity contribution is 0.891. The predicted octanol–water partition coefficient (Wildman–Crippen LogP) is 1.69. The van der Waals surface area contributed by atoms with E-state index in [2.05, 4.69) is 19.9 Å². The quantitative estimate of drug-likeness (QED) is 0.554. The summed E-state index contributed by atoms with van der Waals surface area (Å²) in [5, 5.41) is 0. The van der Waals surface area contributed by atoms with Crippen molar-refractivity contribution in [2.24, 2.45) is 5.73 Å². The van der Waals surface area contributed by atoms with Crippen molar-refractivity contribution < 1.29 is 0 Å². The summed E-state index contributed by atoms with van der Waals surface area (Å²) < 4.78 is 0. The normalized spacial score (nSPS) is 12.1. The maximum Gasteiger partial charge on any atom is -0.00399 e. The third-order valence-corrected chi connectivity index (χ3v) is 1.33. The van der Waals surface area contributed by atoms with Crippen molar-refractivity contribution in [1.82, 2.24) is 0 Å². The van der Waals surface area contributed by atoms with Crippen molar-refractivity contribution in [2.75, 3.05) is 6.54 Å². The summed E-state index contributed by atoms with van der Waals surface area (Å²) in [6.45, 7) is 5.01. The molecule has 0 spiro atoms. The molecule has 0 rings (SSSR count). The highest BCUT2D eigenvalue weighted by Crippen LogP contribution is 2.02. The van der Waals surface area contributed by atoms with Crippen molar-refractivity contribution in [1.29, 1.82) is 0 Å². The maximum absolute atomic E-state index is 5.34. The van der Waals surface area contributed by atoms with Crippen LogP contribution in [0.1, 0.15) is 26.7 Å². The van der Waals surface area contributed by atoms with Gasteiger partial charge in [0.2, 0.25) is 0 Å². The fourth-order valence-electron chi connectivity index (χ4n) is 0.711. The van der Waals surface area contributed by atoms with Crippen LogP contribution >= 0.6 is 0 Å². The Morgan fingerprint density at radius 3 is 2.38 bits per heavy atom. The van der Waals surface area contributed by atoms with Gasteiger partial charge in [0.05, 0.1) is 0 Å². The maximum atomic E-state index is 5.34. The average Bonchev–Trinajstić information content (AvgIpc) is 1.83. The van der Waals surface area contributed by atoms with Crippen molar-refractivity contribution >= 4 is 0 Å². The number of hydrogen-bond acceptors (Lipinski definition) is 1. The average molecular weight is 113 g/mol. The van der Waals surface area contributed by atoms with Gasteiger partial charge in [-0.05, 0) is 26.3 Å². The monoisotopic (exact) mass is 113 g/mol. The van der Waals surface area contributed by atoms with Gasteiger partial charge < -0.3 is 5.73 Å². The summed E-state index contributed by atoms with van der Waals surface area (Å²) in [5.74, 6) is 0. The van der Waals surface area contributed by atoms with E-state index < -0.39 is 0 Å². The van der Waals surface area contributed by atoms with Crippen LogP contribution in [0.5, 0.6) is 0 Å². The minimum absolute atomic E-state index is 0.785. The van der Waals surface area contributed by atoms with E-state index in [-0.39, 0.29) is 0 Å². The second-order valence-corrected chi connectivity index (χ2v) is 1.84. The Bertz CT molecular complexity index is 74.5. The second kappa shape index (κ2) is 4.85. The first-order valence-corrected chi connectivity index (χ1v) is 3.19. The molecule has 0 aliphatic carbocycles. The van der Waals surface area contributed by atoms with E-state index >= 15 is 0 Å². The molecule has 0 radical (unpaired) electrons. The molecule has 0 aliphatic rings. The van der Waals surface area contributed by atoms with Crippen LogP contribution < -0.4 is 5.73 Å². The van der Waals surface area contributed by atoms with E-state index in [0.717, 1.165) is 19.4 Å². The van der Waals surface area contributed by atoms with E-state index in [1.807, 2.05) is 0 Å². The summed E-state index contributed by atoms with van der Waals surface area (Å²) in [4.78, 5) is 0. The highest BCUT2D eigenvalue weighted by atomic mass is 14.5. The van der Waals surface area contributed by atoms with E-state index in [1.165, 1.54) is 5.57 Å². The minimum atomic E-state index is 0.785. The first kappa shape index (κ1) is 7.70. The predicted molar refractivity (Wildman–Crippen MR) is 37.7 cm³/mol. The zero-order chi connectivity index (χ0) is 6.41. The van der Waals surface area contributed by atoms with Crippen LogP contribution in [0.4, 0.5) is 0 Å². The summed E-state index contributed by atoms with van der Waals surface area (Å²) in [6, 6.07) is 0. The van der Waals surface area contributed by atoms with E-state index in [1.54, 1.807) is 0 Å². The van der Waals surface area contributed by atoms with Crippen LogP contribution in [0.15, 0.2) is 11.6 Å². The molecule has 0 aromatic carbocycles. The SMILES string of the molecule is CC=C(CC)CCN. The lowest BCUT2D eigenvalue weighted by Gasteiger charge is -1.97. The largest absolute Gasteiger partial charge is 0.330 e. The van der Waals surface area contributed by atoms with Crippen molar-refractivity contribution in [2.45, 2.75) is 26.7 Å². The first-order chi connectivity index (χ1) is 3.85. The third kappa shape index (κ3) is 2.80. The summed E-state index contributed by atoms with van der Waals surface area (Å²) >= 11 is 0. The molecule has 0 atom stereocenters. The lowest BCUT2D eigenvalue weighted by atomic mass is 10.1. The van der Waals surface area contributed by atoms with Gasteiger partial charge in [-0.3, -0.25) is 0 Å². The van der Waals surface area contributed by atoms with Gasteiger partial charge >= 0.3 is 0 Å². The molecule has 0 aromatic rings. The van der Waals surface area contributed by atoms with Crippen LogP contribution in [0.3, 0.4) is 0 Å². The summed E-state index contributed by atoms with van der Waals surface area (Å²) in [7, 11) is 0. The highest BCUT2D eigenvalue weighted by Gasteiger charge is 1.86. The van der Waals surface area contributed by atoms with Crippen LogP contribution in [-0.4, -0.2) is 6.54 Å². The van der Waals surface area contributed by atoms with Crippen molar-refractivity contribution in [3.8, 4) is 0 Å². The van der Waals surface area contributed by atoms with Crippen LogP contribution in [-0.2, 0) is 0 Å². The number of allylic oxidation sites excluding steroid dienone is 1. The molecule has 1 heteroatoms. The van der Waals surface area contributed by atoms with Gasteiger partial charge in [0.1, 0.15) is 0 Å². The van der Waals surface area contributed by atoms with Gasteiger partial charge in [-0.15, -0.1) is 0 Å². The van der Waals surface area contributed by atoms with Gasteiger partial charge in [0.15, 0.2) is 0 Å². The Morgan fingerprint density at radius 2 is 2.25 bits per heavy atom. The van der Waals surface area contributed by atoms with Gasteiger partial charge in [0, 0.05) is 0 Å². The van der Waals surface area contributed by atoms with Crippen molar-refractivity contribution in [3.05, 3.63) is 11.6 Å². The number of rotatable bonds is 3. The van der Waals surface area contributed by atoms with E-state index in [0.29, 0.717) is 0 Å². The second-order valence-electron chi connectivity index (χ2n) is 1.84. The number of hydrogen-bond donors (Lipinski definition) is 1. The number of nitrogens with two attached hydrogens (primary N) is 1. The van der Waals surface area contributed by atoms with E-state index in [4.69, 9.17) is 5.73 Å². The zero-order valence-corrected chi connectivity index (χ0v) is 5.78. The molecule has 48 valence electrons. The topological polar surface area (TPSA) is 26.0 Å². The molecular formula is C7H15N. The molecule has 0 bridgehead atoms. The molecule has 8 heavy (non-hydrogen) atoms. The van der Waals surface area contributed by atoms with Crippen LogP contribution in [0, 0.1) is 0 Å². The Morgan fingerprint density at radius 1 is 1.62 bits per heavy atom. The standard InChI is InChI=1S/C7H15N/c1-3-7(4-2)5-6-8/h3H,4-6,8H2,1-2H3. The van der Waals surface area contributed by atoms with Gasteiger partial charge in [0.25, 0.3) is 0 Å². The molecule has 0 saturated heterocycles. The molecule has 0 amide bonds. The molecule has 1 nitrogen and oxygen atoms in total. The van der Waals surface area contributed by atoms with Gasteiger partial charge in [-0.25, -0.2) is 0 Å². The van der Waals surface area contributed by atoms with Crippen LogP contribution in [0.25, 0.3) is 0 Å². The molecule has 0 aliphatic heterocycles. The Kier molecular flexibility index (Phi) is 4.67. The van der Waals surface area contributed by atoms with Crippen molar-refractivity contribution in [3.63, 3.8) is 0 Å². The molecule has 0 fully saturated rings. The highest BCUT2D eigenvalue weighted by molar-refractivity contribution is 4.98. The molecule has 0 unspecified atom stereocenters. The molecule has 0 heterocycles. The smallest absolute Gasteiger partial charge is 0.00399 e. The third-order valence-electron chi connectivity index (χ3n) is 1.33. The Balaban J connectivity index is 3.38. The van der Waals surface area contributed by atoms with Gasteiger partial charge in [-0.2, -0.15) is 0 Å². The molecule has 0 saturated carbocycles. The first-order valence-electron chi connectivity index (χ1n) is 3.19. The van der Waals surface area contributed by atoms with Gasteiger partial charge in [-0.1, -0.05) is 18.6 Å². The van der Waals surface area contributed by atoms with E-state index in [9.17, 15) is 0 Å². The summed E-state index contributed by atoms with van der Waals surface area (Å²) in [5.41, 5.74) is 6.80. The molecule has 2 N–H and O–H groups in total. The molecule has 0 aromatic heterocycles. The summed E-state index contributed by atoms with van der Waals surface area (Å²) in [6.07, 6.45) is 4.35. The van der Waals surface area contributed by atoms with Crippen LogP contribution in [0.2, 0.25) is 0 Å². The Labute approximate surface area is 51.6 Å². The Hall–Kier alpha value is -0.300. The minimum Gasteiger partial charge on any atom is -0.330 e. The molecular weight excluding hydrogens is 98.1 g/mol.